The van der Waals surface area contributed by atoms with Gasteiger partial charge in [-0.1, -0.05) is 19.1 Å². The topological polar surface area (TPSA) is 50.4 Å². The molecule has 0 aromatic heterocycles. The van der Waals surface area contributed by atoms with Crippen LogP contribution in [-0.2, 0) is 4.79 Å². The third kappa shape index (κ3) is 3.96. The van der Waals surface area contributed by atoms with E-state index >= 15 is 0 Å². The summed E-state index contributed by atoms with van der Waals surface area (Å²) in [7, 11) is 0. The molecule has 0 saturated carbocycles. The standard InChI is InChI=1S/C15H22N2O2/c1-3-14(15(18)17-12-7-8-16-10-12)19-13-6-4-5-11(2)9-13/h4-6,9,12,14,16H,3,7-8,10H2,1-2H3,(H,17,18). The molecule has 0 radical (unpaired) electrons. The number of amides is 1. The molecule has 2 N–H and O–H groups in total. The Balaban J connectivity index is 1.93. The van der Waals surface area contributed by atoms with Gasteiger partial charge in [0.15, 0.2) is 6.10 Å². The van der Waals surface area contributed by atoms with Crippen molar-refractivity contribution in [1.29, 1.82) is 0 Å². The van der Waals surface area contributed by atoms with Crippen LogP contribution in [-0.4, -0.2) is 31.1 Å². The second-order valence-corrected chi connectivity index (χ2v) is 5.03. The van der Waals surface area contributed by atoms with Crippen LogP contribution < -0.4 is 15.4 Å². The highest BCUT2D eigenvalue weighted by molar-refractivity contribution is 5.81. The molecule has 1 aliphatic heterocycles. The van der Waals surface area contributed by atoms with E-state index in [0.717, 1.165) is 30.8 Å². The summed E-state index contributed by atoms with van der Waals surface area (Å²) in [5.74, 6) is 0.740. The highest BCUT2D eigenvalue weighted by Crippen LogP contribution is 2.15. The lowest BCUT2D eigenvalue weighted by molar-refractivity contribution is -0.128. The number of carbonyl (C=O) groups excluding carboxylic acids is 1. The van der Waals surface area contributed by atoms with Gasteiger partial charge in [0.05, 0.1) is 0 Å². The summed E-state index contributed by atoms with van der Waals surface area (Å²) in [6.07, 6.45) is 1.24. The molecule has 1 fully saturated rings. The number of ether oxygens (including phenoxy) is 1. The summed E-state index contributed by atoms with van der Waals surface area (Å²) in [5, 5.41) is 6.27. The molecular formula is C15H22N2O2. The number of aryl methyl sites for hydroxylation is 1. The van der Waals surface area contributed by atoms with Crippen molar-refractivity contribution < 1.29 is 9.53 Å². The molecule has 2 unspecified atom stereocenters. The summed E-state index contributed by atoms with van der Waals surface area (Å²) < 4.78 is 5.78. The van der Waals surface area contributed by atoms with Crippen molar-refractivity contribution in [3.05, 3.63) is 29.8 Å². The first-order valence-corrected chi connectivity index (χ1v) is 6.93. The molecule has 0 bridgehead atoms. The maximum absolute atomic E-state index is 12.2. The summed E-state index contributed by atoms with van der Waals surface area (Å²) in [5.41, 5.74) is 1.13. The molecule has 2 atom stereocenters. The Morgan fingerprint density at radius 3 is 3.05 bits per heavy atom. The van der Waals surface area contributed by atoms with Crippen LogP contribution in [0.4, 0.5) is 0 Å². The van der Waals surface area contributed by atoms with Crippen LogP contribution in [0.3, 0.4) is 0 Å². The van der Waals surface area contributed by atoms with Crippen LogP contribution in [0, 0.1) is 6.92 Å². The Hall–Kier alpha value is -1.55. The minimum atomic E-state index is -0.414. The van der Waals surface area contributed by atoms with Crippen LogP contribution in [0.5, 0.6) is 5.75 Å². The second kappa shape index (κ2) is 6.57. The third-order valence-corrected chi connectivity index (χ3v) is 3.34. The van der Waals surface area contributed by atoms with Crippen molar-refractivity contribution in [1.82, 2.24) is 10.6 Å². The van der Waals surface area contributed by atoms with Crippen molar-refractivity contribution in [3.8, 4) is 5.75 Å². The number of benzene rings is 1. The highest BCUT2D eigenvalue weighted by atomic mass is 16.5. The third-order valence-electron chi connectivity index (χ3n) is 3.34. The Morgan fingerprint density at radius 2 is 2.42 bits per heavy atom. The predicted octanol–water partition coefficient (Wildman–Crippen LogP) is 1.63. The average Bonchev–Trinajstić information content (AvgIpc) is 2.88. The van der Waals surface area contributed by atoms with E-state index in [1.807, 2.05) is 38.1 Å². The predicted molar refractivity (Wildman–Crippen MR) is 75.3 cm³/mol. The zero-order valence-corrected chi connectivity index (χ0v) is 11.6. The molecule has 2 rings (SSSR count). The van der Waals surface area contributed by atoms with E-state index in [0.29, 0.717) is 6.42 Å². The second-order valence-electron chi connectivity index (χ2n) is 5.03. The Bertz CT molecular complexity index is 428. The van der Waals surface area contributed by atoms with Gasteiger partial charge in [-0.3, -0.25) is 4.79 Å². The van der Waals surface area contributed by atoms with Gasteiger partial charge in [0, 0.05) is 12.6 Å². The molecule has 1 aromatic carbocycles. The summed E-state index contributed by atoms with van der Waals surface area (Å²) in [6, 6.07) is 8.03. The van der Waals surface area contributed by atoms with Gasteiger partial charge in [0.1, 0.15) is 5.75 Å². The van der Waals surface area contributed by atoms with Crippen LogP contribution in [0.2, 0.25) is 0 Å². The lowest BCUT2D eigenvalue weighted by atomic mass is 10.2. The zero-order valence-electron chi connectivity index (χ0n) is 11.6. The van der Waals surface area contributed by atoms with Crippen molar-refractivity contribution in [2.75, 3.05) is 13.1 Å². The van der Waals surface area contributed by atoms with Crippen molar-refractivity contribution in [3.63, 3.8) is 0 Å². The molecule has 1 aliphatic rings. The maximum atomic E-state index is 12.2. The fraction of sp³-hybridized carbons (Fsp3) is 0.533. The lowest BCUT2D eigenvalue weighted by Crippen LogP contribution is -2.44. The van der Waals surface area contributed by atoms with Gasteiger partial charge in [-0.15, -0.1) is 0 Å². The van der Waals surface area contributed by atoms with E-state index in [2.05, 4.69) is 10.6 Å². The molecule has 104 valence electrons. The van der Waals surface area contributed by atoms with Gasteiger partial charge in [-0.05, 0) is 44.0 Å². The summed E-state index contributed by atoms with van der Waals surface area (Å²) in [4.78, 5) is 12.2. The molecule has 1 aromatic rings. The van der Waals surface area contributed by atoms with Crippen molar-refractivity contribution in [2.24, 2.45) is 0 Å². The van der Waals surface area contributed by atoms with Crippen molar-refractivity contribution in [2.45, 2.75) is 38.8 Å². The van der Waals surface area contributed by atoms with Crippen LogP contribution in [0.25, 0.3) is 0 Å². The van der Waals surface area contributed by atoms with E-state index in [1.54, 1.807) is 0 Å². The maximum Gasteiger partial charge on any atom is 0.261 e. The van der Waals surface area contributed by atoms with Crippen LogP contribution >= 0.6 is 0 Å². The number of nitrogens with one attached hydrogen (secondary N) is 2. The molecule has 4 heteroatoms. The minimum Gasteiger partial charge on any atom is -0.481 e. The van der Waals surface area contributed by atoms with Crippen LogP contribution in [0.1, 0.15) is 25.3 Å². The smallest absolute Gasteiger partial charge is 0.261 e. The lowest BCUT2D eigenvalue weighted by Gasteiger charge is -2.20. The van der Waals surface area contributed by atoms with Gasteiger partial charge in [0.2, 0.25) is 0 Å². The molecular weight excluding hydrogens is 240 g/mol. The Kier molecular flexibility index (Phi) is 4.80. The van der Waals surface area contributed by atoms with E-state index < -0.39 is 6.10 Å². The largest absolute Gasteiger partial charge is 0.481 e. The molecule has 1 amide bonds. The fourth-order valence-electron chi connectivity index (χ4n) is 2.25. The van der Waals surface area contributed by atoms with Gasteiger partial charge in [0.25, 0.3) is 5.91 Å². The summed E-state index contributed by atoms with van der Waals surface area (Å²) >= 11 is 0. The van der Waals surface area contributed by atoms with E-state index in [1.165, 1.54) is 0 Å². The van der Waals surface area contributed by atoms with Gasteiger partial charge in [-0.2, -0.15) is 0 Å². The molecule has 0 spiro atoms. The molecule has 0 aliphatic carbocycles. The molecule has 1 saturated heterocycles. The Labute approximate surface area is 114 Å². The average molecular weight is 262 g/mol. The first-order valence-electron chi connectivity index (χ1n) is 6.93. The first kappa shape index (κ1) is 13.9. The molecule has 1 heterocycles. The first-order chi connectivity index (χ1) is 9.19. The zero-order chi connectivity index (χ0) is 13.7. The van der Waals surface area contributed by atoms with E-state index in [-0.39, 0.29) is 11.9 Å². The van der Waals surface area contributed by atoms with E-state index in [9.17, 15) is 4.79 Å². The molecule has 19 heavy (non-hydrogen) atoms. The number of hydrogen-bond acceptors (Lipinski definition) is 3. The van der Waals surface area contributed by atoms with E-state index in [4.69, 9.17) is 4.74 Å². The SMILES string of the molecule is CCC(Oc1cccc(C)c1)C(=O)NC1CCNC1. The fourth-order valence-corrected chi connectivity index (χ4v) is 2.25. The minimum absolute atomic E-state index is 0.0160. The monoisotopic (exact) mass is 262 g/mol. The van der Waals surface area contributed by atoms with Crippen LogP contribution in [0.15, 0.2) is 24.3 Å². The number of carbonyl (C=O) groups is 1. The quantitative estimate of drug-likeness (QED) is 0.848. The van der Waals surface area contributed by atoms with Gasteiger partial charge in [-0.25, -0.2) is 0 Å². The van der Waals surface area contributed by atoms with Gasteiger partial charge >= 0.3 is 0 Å². The Morgan fingerprint density at radius 1 is 1.58 bits per heavy atom. The number of hydrogen-bond donors (Lipinski definition) is 2. The molecule has 4 nitrogen and oxygen atoms in total. The number of rotatable bonds is 5. The normalized spacial score (nSPS) is 20.0. The summed E-state index contributed by atoms with van der Waals surface area (Å²) in [6.45, 7) is 5.80. The highest BCUT2D eigenvalue weighted by Gasteiger charge is 2.23. The van der Waals surface area contributed by atoms with Gasteiger partial charge < -0.3 is 15.4 Å². The van der Waals surface area contributed by atoms with Crippen molar-refractivity contribution >= 4 is 5.91 Å².